The molecule has 0 aromatic heterocycles. The largest absolute Gasteiger partial charge is 0.454 e. The second-order valence-electron chi connectivity index (χ2n) is 9.95. The molecule has 0 bridgehead atoms. The van der Waals surface area contributed by atoms with E-state index in [2.05, 4.69) is 21.9 Å². The van der Waals surface area contributed by atoms with Crippen LogP contribution in [0.3, 0.4) is 0 Å². The molecule has 2 amide bonds. The molecular weight excluding hydrogens is 594 g/mol. The van der Waals surface area contributed by atoms with Crippen molar-refractivity contribution in [3.05, 3.63) is 101 Å². The lowest BCUT2D eigenvalue weighted by molar-refractivity contribution is -0.121. The first-order valence-electron chi connectivity index (χ1n) is 13.4. The lowest BCUT2D eigenvalue weighted by Crippen LogP contribution is -2.47. The van der Waals surface area contributed by atoms with Gasteiger partial charge in [-0.3, -0.25) is 19.3 Å². The Morgan fingerprint density at radius 1 is 0.905 bits per heavy atom. The molecule has 1 unspecified atom stereocenters. The molecule has 8 nitrogen and oxygen atoms in total. The molecule has 0 radical (unpaired) electrons. The van der Waals surface area contributed by atoms with E-state index in [1.165, 1.54) is 47.7 Å². The number of ketones is 1. The first-order valence-corrected chi connectivity index (χ1v) is 15.1. The Bertz CT molecular complexity index is 1490. The second-order valence-corrected chi connectivity index (χ2v) is 12.2. The van der Waals surface area contributed by atoms with Crippen LogP contribution < -0.4 is 4.90 Å². The number of carbonyl (C=O) groups excluding carboxylic acids is 4. The summed E-state index contributed by atoms with van der Waals surface area (Å²) in [5, 5.41) is -0.192. The van der Waals surface area contributed by atoms with Crippen LogP contribution in [0.1, 0.15) is 32.7 Å². The third kappa shape index (κ3) is 7.25. The van der Waals surface area contributed by atoms with Gasteiger partial charge in [-0.1, -0.05) is 78.0 Å². The maximum atomic E-state index is 13.2. The van der Waals surface area contributed by atoms with Crippen molar-refractivity contribution in [2.75, 3.05) is 37.7 Å². The van der Waals surface area contributed by atoms with E-state index in [-0.39, 0.29) is 29.6 Å². The Kier molecular flexibility index (Phi) is 9.69. The van der Waals surface area contributed by atoms with Crippen LogP contribution in [-0.2, 0) is 20.9 Å². The molecular formula is C31H28ClN3O5S2. The fraction of sp³-hybridized carbons (Fsp3) is 0.258. The zero-order valence-electron chi connectivity index (χ0n) is 22.6. The Balaban J connectivity index is 1.11. The van der Waals surface area contributed by atoms with Crippen molar-refractivity contribution < 1.29 is 23.9 Å². The van der Waals surface area contributed by atoms with Gasteiger partial charge in [0, 0.05) is 49.7 Å². The number of carbonyl (C=O) groups is 4. The number of anilines is 1. The topological polar surface area (TPSA) is 87.2 Å². The number of hydrogen-bond donors (Lipinski definition) is 0. The molecule has 2 aliphatic rings. The third-order valence-electron chi connectivity index (χ3n) is 7.07. The van der Waals surface area contributed by atoms with Crippen molar-refractivity contribution in [3.8, 4) is 0 Å². The first-order chi connectivity index (χ1) is 20.3. The molecule has 3 aromatic carbocycles. The molecule has 2 heterocycles. The van der Waals surface area contributed by atoms with Gasteiger partial charge in [0.25, 0.3) is 0 Å². The van der Waals surface area contributed by atoms with E-state index in [1.807, 2.05) is 18.2 Å². The van der Waals surface area contributed by atoms with E-state index in [1.54, 1.807) is 18.2 Å². The SMILES string of the molecule is O=C(COC(=O)c1ccc(N2C(=O)CC(SC(=S)N3CCN(Cc4ccccc4)CC3)C2=O)cc1)c1cccc(Cl)c1. The average Bonchev–Trinajstić information content (AvgIpc) is 3.28. The fourth-order valence-corrected chi connectivity index (χ4v) is 6.53. The molecule has 0 N–H and O–H groups in total. The van der Waals surface area contributed by atoms with Crippen LogP contribution in [0, 0.1) is 0 Å². The average molecular weight is 622 g/mol. The number of imide groups is 1. The van der Waals surface area contributed by atoms with Crippen molar-refractivity contribution in [1.82, 2.24) is 9.80 Å². The summed E-state index contributed by atoms with van der Waals surface area (Å²) in [7, 11) is 0. The van der Waals surface area contributed by atoms with E-state index in [4.69, 9.17) is 28.6 Å². The highest BCUT2D eigenvalue weighted by molar-refractivity contribution is 8.23. The zero-order chi connectivity index (χ0) is 29.6. The van der Waals surface area contributed by atoms with Crippen molar-refractivity contribution >= 4 is 69.2 Å². The highest BCUT2D eigenvalue weighted by Gasteiger charge is 2.41. The zero-order valence-corrected chi connectivity index (χ0v) is 25.0. The first kappa shape index (κ1) is 29.9. The highest BCUT2D eigenvalue weighted by Crippen LogP contribution is 2.31. The molecule has 2 aliphatic heterocycles. The number of esters is 1. The molecule has 3 aromatic rings. The third-order valence-corrected chi connectivity index (χ3v) is 8.96. The van der Waals surface area contributed by atoms with Crippen LogP contribution in [0.4, 0.5) is 5.69 Å². The Morgan fingerprint density at radius 3 is 2.31 bits per heavy atom. The van der Waals surface area contributed by atoms with E-state index in [0.717, 1.165) is 37.6 Å². The molecule has 0 saturated carbocycles. The number of piperazine rings is 1. The maximum Gasteiger partial charge on any atom is 0.338 e. The van der Waals surface area contributed by atoms with Gasteiger partial charge in [0.15, 0.2) is 12.4 Å². The normalized spacial score (nSPS) is 17.4. The number of thiocarbonyl (C=S) groups is 1. The summed E-state index contributed by atoms with van der Waals surface area (Å²) in [5.74, 6) is -1.74. The summed E-state index contributed by atoms with van der Waals surface area (Å²) in [6, 6.07) is 22.7. The number of nitrogens with zero attached hydrogens (tertiary/aromatic N) is 3. The molecule has 1 atom stereocenters. The summed E-state index contributed by atoms with van der Waals surface area (Å²) in [5.41, 5.74) is 2.16. The standard InChI is InChI=1S/C31H28ClN3O5S2/c32-24-8-4-7-23(17-24)26(36)20-40-30(39)22-9-11-25(12-10-22)35-28(37)18-27(29(35)38)42-31(41)34-15-13-33(14-16-34)19-21-5-2-1-3-6-21/h1-12,17,27H,13-16,18-20H2. The van der Waals surface area contributed by atoms with Crippen LogP contribution in [-0.4, -0.2) is 75.7 Å². The van der Waals surface area contributed by atoms with Crippen molar-refractivity contribution in [2.24, 2.45) is 0 Å². The number of amides is 2. The van der Waals surface area contributed by atoms with Gasteiger partial charge in [-0.25, -0.2) is 9.69 Å². The van der Waals surface area contributed by atoms with Gasteiger partial charge in [0.1, 0.15) is 9.57 Å². The van der Waals surface area contributed by atoms with Gasteiger partial charge in [0.05, 0.1) is 11.3 Å². The molecule has 42 heavy (non-hydrogen) atoms. The number of rotatable bonds is 8. The number of thioether (sulfide) groups is 1. The minimum atomic E-state index is -0.696. The number of halogens is 1. The number of Topliss-reactive ketones (excluding diaryl/α,β-unsaturated/α-hetero) is 1. The monoisotopic (exact) mass is 621 g/mol. The Labute approximate surface area is 258 Å². The minimum absolute atomic E-state index is 0.0486. The van der Waals surface area contributed by atoms with Crippen LogP contribution in [0.15, 0.2) is 78.9 Å². The summed E-state index contributed by atoms with van der Waals surface area (Å²) < 4.78 is 5.76. The second kappa shape index (κ2) is 13.6. The van der Waals surface area contributed by atoms with E-state index >= 15 is 0 Å². The van der Waals surface area contributed by atoms with Crippen LogP contribution in [0.5, 0.6) is 0 Å². The molecule has 2 saturated heterocycles. The van der Waals surface area contributed by atoms with Gasteiger partial charge >= 0.3 is 5.97 Å². The highest BCUT2D eigenvalue weighted by atomic mass is 35.5. The Morgan fingerprint density at radius 2 is 1.62 bits per heavy atom. The fourth-order valence-electron chi connectivity index (χ4n) is 4.80. The van der Waals surface area contributed by atoms with E-state index in [0.29, 0.717) is 20.6 Å². The summed E-state index contributed by atoms with van der Waals surface area (Å²) in [4.78, 5) is 56.4. The van der Waals surface area contributed by atoms with E-state index in [9.17, 15) is 19.2 Å². The molecule has 5 rings (SSSR count). The van der Waals surface area contributed by atoms with Crippen molar-refractivity contribution in [2.45, 2.75) is 18.2 Å². The maximum absolute atomic E-state index is 13.2. The molecule has 11 heteroatoms. The van der Waals surface area contributed by atoms with Crippen LogP contribution in [0.25, 0.3) is 0 Å². The summed E-state index contributed by atoms with van der Waals surface area (Å²) in [6.07, 6.45) is 0.0486. The lowest BCUT2D eigenvalue weighted by Gasteiger charge is -2.36. The summed E-state index contributed by atoms with van der Waals surface area (Å²) >= 11 is 12.8. The van der Waals surface area contributed by atoms with Gasteiger partial charge in [-0.15, -0.1) is 0 Å². The predicted octanol–water partition coefficient (Wildman–Crippen LogP) is 4.85. The van der Waals surface area contributed by atoms with Gasteiger partial charge in [-0.05, 0) is 42.0 Å². The minimum Gasteiger partial charge on any atom is -0.454 e. The lowest BCUT2D eigenvalue weighted by atomic mass is 10.1. The van der Waals surface area contributed by atoms with E-state index < -0.39 is 17.8 Å². The van der Waals surface area contributed by atoms with Crippen molar-refractivity contribution in [3.63, 3.8) is 0 Å². The quantitative estimate of drug-likeness (QED) is 0.152. The van der Waals surface area contributed by atoms with Crippen molar-refractivity contribution in [1.29, 1.82) is 0 Å². The molecule has 0 aliphatic carbocycles. The van der Waals surface area contributed by atoms with Gasteiger partial charge < -0.3 is 9.64 Å². The summed E-state index contributed by atoms with van der Waals surface area (Å²) in [6.45, 7) is 3.70. The molecule has 2 fully saturated rings. The molecule has 0 spiro atoms. The number of ether oxygens (including phenoxy) is 1. The van der Waals surface area contributed by atoms with Crippen LogP contribution >= 0.6 is 35.6 Å². The Hall–Kier alpha value is -3.57. The van der Waals surface area contributed by atoms with Crippen LogP contribution in [0.2, 0.25) is 5.02 Å². The number of hydrogen-bond acceptors (Lipinski definition) is 8. The van der Waals surface area contributed by atoms with Gasteiger partial charge in [0.2, 0.25) is 11.8 Å². The smallest absolute Gasteiger partial charge is 0.338 e. The number of benzene rings is 3. The predicted molar refractivity (Wildman–Crippen MR) is 167 cm³/mol. The molecule has 216 valence electrons. The van der Waals surface area contributed by atoms with Gasteiger partial charge in [-0.2, -0.15) is 0 Å².